The monoisotopic (exact) mass is 1160 g/mol. The summed E-state index contributed by atoms with van der Waals surface area (Å²) in [6, 6.07) is 8.82. The van der Waals surface area contributed by atoms with Gasteiger partial charge in [-0.1, -0.05) is 97.1 Å². The third kappa shape index (κ3) is 13.4. The second kappa shape index (κ2) is 20.8. The summed E-state index contributed by atoms with van der Waals surface area (Å²) < 4.78 is 342. The molecule has 420 valence electrons. The molecule has 5 nitrogen and oxygen atoms in total. The first-order valence-electron chi connectivity index (χ1n) is 21.4. The Hall–Kier alpha value is -7.82. The molecule has 6 aromatic carbocycles. The predicted molar refractivity (Wildman–Crippen MR) is 232 cm³/mol. The number of aromatic nitrogens is 1. The van der Waals surface area contributed by atoms with E-state index in [4.69, 9.17) is 0 Å². The van der Waals surface area contributed by atoms with E-state index in [0.29, 0.717) is 10.9 Å². The fourth-order valence-corrected chi connectivity index (χ4v) is 8.51. The highest BCUT2D eigenvalue weighted by molar-refractivity contribution is 7.20. The molecule has 0 aliphatic carbocycles. The van der Waals surface area contributed by atoms with Crippen LogP contribution in [0.4, 0.5) is 111 Å². The van der Waals surface area contributed by atoms with Gasteiger partial charge in [-0.15, -0.1) is 4.57 Å². The van der Waals surface area contributed by atoms with E-state index in [2.05, 4.69) is 0 Å². The smallest absolute Gasteiger partial charge is 0.287 e. The van der Waals surface area contributed by atoms with Crippen molar-refractivity contribution < 1.29 is 120 Å². The summed E-state index contributed by atoms with van der Waals surface area (Å²) in [7, 11) is 0. The second-order valence-electron chi connectivity index (χ2n) is 17.1. The Morgan fingerprint density at radius 2 is 0.658 bits per heavy atom. The molecule has 0 radical (unpaired) electrons. The molecule has 79 heavy (non-hydrogen) atoms. The Labute approximate surface area is 425 Å². The predicted octanol–water partition coefficient (Wildman–Crippen LogP) is 14.1. The second-order valence-corrected chi connectivity index (χ2v) is 17.1. The Bertz CT molecular complexity index is 2990. The molecule has 1 aromatic heterocycles. The number of nitrogens with zero attached hydrogens (tertiary/aromatic N) is 2. The fourth-order valence-electron chi connectivity index (χ4n) is 8.51. The van der Waals surface area contributed by atoms with Gasteiger partial charge in [0.2, 0.25) is 12.3 Å². The first-order valence-corrected chi connectivity index (χ1v) is 21.4. The van der Waals surface area contributed by atoms with Crippen LogP contribution in [0.3, 0.4) is 0 Å². The molecule has 7 aromatic rings. The number of fused-ring (bicyclic) bond motifs is 1. The first kappa shape index (κ1) is 60.4. The average Bonchev–Trinajstić information content (AvgIpc) is 3.54. The van der Waals surface area contributed by atoms with Crippen LogP contribution in [0.1, 0.15) is 54.9 Å². The maximum atomic E-state index is 14.2. The standard InChI is InChI=1S/C32H12BF24.C17H13N2O3/c34-25(35,36)13-1-14(26(37,38)39)6-21(5-13)33(22-7-15(27(40,41)42)2-16(8-22)28(43,44)45,23-9-17(29(46,47)48)3-18(10-23)30(49,50)51)24-11-19(31(52,53)54)4-20(12-24)32(55,56)57;20-16(14-7-2-1-3-8-14)12-18-11-10-13-6-4-5-9-15(13)17(18)19(21)22/h1-12H;1-11H,12H2/q-1;+1. The van der Waals surface area contributed by atoms with Crippen LogP contribution < -0.4 is 26.4 Å². The Morgan fingerprint density at radius 3 is 0.924 bits per heavy atom. The van der Waals surface area contributed by atoms with Gasteiger partial charge >= 0.3 is 55.2 Å². The molecule has 0 amide bonds. The molecular weight excluding hydrogens is 1130 g/mol. The summed E-state index contributed by atoms with van der Waals surface area (Å²) in [5, 5.41) is 12.7. The Morgan fingerprint density at radius 1 is 0.392 bits per heavy atom. The fraction of sp³-hybridized carbons (Fsp3) is 0.184. The molecule has 0 aliphatic heterocycles. The first-order chi connectivity index (χ1) is 35.9. The lowest BCUT2D eigenvalue weighted by molar-refractivity contribution is -0.723. The minimum Gasteiger partial charge on any atom is -0.287 e. The number of Topliss-reactive ketones (excluding diaryl/α,β-unsaturated/α-hetero) is 1. The topological polar surface area (TPSA) is 64.1 Å². The van der Waals surface area contributed by atoms with Gasteiger partial charge in [-0.25, -0.2) is 0 Å². The molecule has 0 saturated carbocycles. The molecule has 0 N–H and O–H groups in total. The minimum atomic E-state index is -6.13. The number of hydrogen-bond donors (Lipinski definition) is 0. The molecule has 0 aliphatic rings. The van der Waals surface area contributed by atoms with Crippen molar-refractivity contribution in [2.24, 2.45) is 0 Å². The normalized spacial score (nSPS) is 13.3. The van der Waals surface area contributed by atoms with Crippen molar-refractivity contribution in [2.75, 3.05) is 0 Å². The molecule has 0 spiro atoms. The van der Waals surface area contributed by atoms with E-state index < -0.39 is 200 Å². The maximum Gasteiger partial charge on any atom is 0.509 e. The number of alkyl halides is 24. The molecule has 7 rings (SSSR count). The zero-order valence-electron chi connectivity index (χ0n) is 38.3. The van der Waals surface area contributed by atoms with E-state index in [9.17, 15) is 120 Å². The number of carbonyl (C=O) groups excluding carboxylic acids is 1. The molecule has 0 saturated heterocycles. The van der Waals surface area contributed by atoms with E-state index in [1.165, 1.54) is 4.57 Å². The third-order valence-electron chi connectivity index (χ3n) is 11.9. The average molecular weight is 1160 g/mol. The molecule has 0 fully saturated rings. The number of carbonyl (C=O) groups is 1. The molecule has 1 heterocycles. The van der Waals surface area contributed by atoms with Crippen LogP contribution in [-0.4, -0.2) is 16.9 Å². The summed E-state index contributed by atoms with van der Waals surface area (Å²) in [5.41, 5.74) is -29.7. The highest BCUT2D eigenvalue weighted by Gasteiger charge is 2.47. The number of rotatable bonds is 8. The van der Waals surface area contributed by atoms with Crippen molar-refractivity contribution in [3.8, 4) is 0 Å². The van der Waals surface area contributed by atoms with Gasteiger partial charge in [-0.05, 0) is 30.3 Å². The number of nitro groups is 1. The summed E-state index contributed by atoms with van der Waals surface area (Å²) in [5.74, 6) is -0.230. The van der Waals surface area contributed by atoms with Crippen molar-refractivity contribution in [3.63, 3.8) is 0 Å². The van der Waals surface area contributed by atoms with E-state index in [1.807, 2.05) is 18.2 Å². The lowest BCUT2D eigenvalue weighted by Gasteiger charge is -2.46. The zero-order chi connectivity index (χ0) is 59.4. The van der Waals surface area contributed by atoms with Gasteiger partial charge in [0.25, 0.3) is 0 Å². The van der Waals surface area contributed by atoms with Crippen LogP contribution in [0.2, 0.25) is 0 Å². The molecule has 30 heteroatoms. The number of ketones is 1. The van der Waals surface area contributed by atoms with E-state index >= 15 is 0 Å². The molecule has 0 atom stereocenters. The van der Waals surface area contributed by atoms with E-state index in [1.54, 1.807) is 48.7 Å². The van der Waals surface area contributed by atoms with Crippen molar-refractivity contribution in [1.82, 2.24) is 0 Å². The number of hydrogen-bond acceptors (Lipinski definition) is 3. The van der Waals surface area contributed by atoms with Crippen molar-refractivity contribution in [2.45, 2.75) is 56.0 Å². The largest absolute Gasteiger partial charge is 0.509 e. The highest BCUT2D eigenvalue weighted by Crippen LogP contribution is 2.41. The van der Waals surface area contributed by atoms with Crippen LogP contribution in [0.25, 0.3) is 10.8 Å². The minimum absolute atomic E-state index is 0.0643. The highest BCUT2D eigenvalue weighted by atomic mass is 19.4. The van der Waals surface area contributed by atoms with Crippen LogP contribution >= 0.6 is 0 Å². The van der Waals surface area contributed by atoms with Gasteiger partial charge in [-0.2, -0.15) is 127 Å². The van der Waals surface area contributed by atoms with Crippen molar-refractivity contribution in [1.29, 1.82) is 0 Å². The summed E-state index contributed by atoms with van der Waals surface area (Å²) in [4.78, 5) is 23.3. The zero-order valence-corrected chi connectivity index (χ0v) is 38.3. The quantitative estimate of drug-likeness (QED) is 0.0380. The van der Waals surface area contributed by atoms with Crippen LogP contribution in [-0.2, 0) is 56.0 Å². The van der Waals surface area contributed by atoms with E-state index in [-0.39, 0.29) is 18.1 Å². The van der Waals surface area contributed by atoms with Gasteiger partial charge in [-0.3, -0.25) is 14.9 Å². The molecular formula is C49H25BF24N2O3. The van der Waals surface area contributed by atoms with Crippen molar-refractivity contribution >= 4 is 50.4 Å². The summed E-state index contributed by atoms with van der Waals surface area (Å²) in [6.45, 7) is -0.0643. The third-order valence-corrected chi connectivity index (χ3v) is 11.9. The van der Waals surface area contributed by atoms with Gasteiger partial charge in [0, 0.05) is 17.0 Å². The van der Waals surface area contributed by atoms with Crippen LogP contribution in [0, 0.1) is 10.1 Å². The van der Waals surface area contributed by atoms with Gasteiger partial charge < -0.3 is 0 Å². The number of pyridine rings is 1. The SMILES string of the molecule is FC(F)(F)c1cc([B-](c2cc(C(F)(F)F)cc(C(F)(F)F)c2)(c2cc(C(F)(F)F)cc(C(F)(F)F)c2)c2cc(C(F)(F)F)cc(C(F)(F)F)c2)cc(C(F)(F)F)c1.O=C(C[n+]1ccc2ccccc2c1[N+](=O)[O-])c1ccccc1. The number of halogens is 24. The van der Waals surface area contributed by atoms with Crippen LogP contribution in [0.15, 0.2) is 140 Å². The summed E-state index contributed by atoms with van der Waals surface area (Å²) >= 11 is 0. The van der Waals surface area contributed by atoms with Gasteiger partial charge in [0.15, 0.2) is 6.20 Å². The molecule has 0 bridgehead atoms. The van der Waals surface area contributed by atoms with Crippen molar-refractivity contribution in [3.05, 3.63) is 200 Å². The number of benzene rings is 6. The lowest BCUT2D eigenvalue weighted by atomic mass is 9.12. The lowest BCUT2D eigenvalue weighted by Crippen LogP contribution is -2.75. The Kier molecular flexibility index (Phi) is 15.9. The van der Waals surface area contributed by atoms with Gasteiger partial charge in [0.05, 0.1) is 44.5 Å². The van der Waals surface area contributed by atoms with Gasteiger partial charge in [0.1, 0.15) is 16.5 Å². The summed E-state index contributed by atoms with van der Waals surface area (Å²) in [6.07, 6.45) is -53.2. The van der Waals surface area contributed by atoms with Crippen LogP contribution in [0.5, 0.6) is 0 Å². The maximum absolute atomic E-state index is 14.2. The Balaban J connectivity index is 0.000000378. The molecule has 0 unspecified atom stereocenters. The van der Waals surface area contributed by atoms with E-state index in [0.717, 1.165) is 5.39 Å².